The SMILES string of the molecule is Fc1ccc(Nc2nccc3c2ncn3Cc2ccccc2)cc1Cl. The Morgan fingerprint density at radius 2 is 1.88 bits per heavy atom. The zero-order chi connectivity index (χ0) is 17.2. The molecule has 4 aromatic rings. The molecule has 0 aliphatic heterocycles. The van der Waals surface area contributed by atoms with Crippen molar-refractivity contribution in [1.29, 1.82) is 0 Å². The van der Waals surface area contributed by atoms with Gasteiger partial charge >= 0.3 is 0 Å². The lowest BCUT2D eigenvalue weighted by atomic mass is 10.2. The Balaban J connectivity index is 1.68. The van der Waals surface area contributed by atoms with E-state index >= 15 is 0 Å². The van der Waals surface area contributed by atoms with Crippen LogP contribution in [-0.2, 0) is 6.54 Å². The maximum absolute atomic E-state index is 13.3. The molecule has 6 heteroatoms. The second-order valence-corrected chi connectivity index (χ2v) is 6.05. The molecule has 2 aromatic heterocycles. The van der Waals surface area contributed by atoms with Crippen LogP contribution in [-0.4, -0.2) is 14.5 Å². The number of imidazole rings is 1. The molecule has 0 saturated heterocycles. The average molecular weight is 353 g/mol. The Hall–Kier alpha value is -2.92. The van der Waals surface area contributed by atoms with E-state index in [0.717, 1.165) is 17.6 Å². The highest BCUT2D eigenvalue weighted by Gasteiger charge is 2.10. The number of hydrogen-bond acceptors (Lipinski definition) is 3. The van der Waals surface area contributed by atoms with Crippen molar-refractivity contribution in [2.24, 2.45) is 0 Å². The highest BCUT2D eigenvalue weighted by molar-refractivity contribution is 6.31. The van der Waals surface area contributed by atoms with Crippen LogP contribution < -0.4 is 5.32 Å². The van der Waals surface area contributed by atoms with Gasteiger partial charge in [0.1, 0.15) is 11.3 Å². The number of halogens is 2. The van der Waals surface area contributed by atoms with Crippen LogP contribution in [0.5, 0.6) is 0 Å². The van der Waals surface area contributed by atoms with Gasteiger partial charge in [-0.1, -0.05) is 41.9 Å². The summed E-state index contributed by atoms with van der Waals surface area (Å²) in [5.41, 5.74) is 3.57. The standard InChI is InChI=1S/C19H14ClFN4/c20-15-10-14(6-7-16(15)21)24-19-18-17(8-9-22-19)25(12-23-18)11-13-4-2-1-3-5-13/h1-10,12H,11H2,(H,22,24). The van der Waals surface area contributed by atoms with Gasteiger partial charge in [-0.05, 0) is 29.8 Å². The van der Waals surface area contributed by atoms with Gasteiger partial charge in [0, 0.05) is 18.4 Å². The topological polar surface area (TPSA) is 42.7 Å². The quantitative estimate of drug-likeness (QED) is 0.561. The smallest absolute Gasteiger partial charge is 0.158 e. The van der Waals surface area contributed by atoms with Crippen molar-refractivity contribution in [1.82, 2.24) is 14.5 Å². The normalized spacial score (nSPS) is 11.0. The predicted octanol–water partition coefficient (Wildman–Crippen LogP) is 5.02. The lowest BCUT2D eigenvalue weighted by molar-refractivity contribution is 0.628. The van der Waals surface area contributed by atoms with Crippen LogP contribution in [0.25, 0.3) is 11.0 Å². The fraction of sp³-hybridized carbons (Fsp3) is 0.0526. The highest BCUT2D eigenvalue weighted by Crippen LogP contribution is 2.26. The van der Waals surface area contributed by atoms with Gasteiger partial charge in [0.2, 0.25) is 0 Å². The zero-order valence-electron chi connectivity index (χ0n) is 13.2. The summed E-state index contributed by atoms with van der Waals surface area (Å²) in [6.07, 6.45) is 3.52. The number of nitrogens with one attached hydrogen (secondary N) is 1. The maximum atomic E-state index is 13.3. The third-order valence-electron chi connectivity index (χ3n) is 3.92. The first-order valence-electron chi connectivity index (χ1n) is 7.76. The highest BCUT2D eigenvalue weighted by atomic mass is 35.5. The molecule has 0 amide bonds. The number of benzene rings is 2. The van der Waals surface area contributed by atoms with Gasteiger partial charge in [0.25, 0.3) is 0 Å². The molecule has 0 saturated carbocycles. The van der Waals surface area contributed by atoms with Crippen molar-refractivity contribution in [2.45, 2.75) is 6.54 Å². The van der Waals surface area contributed by atoms with Gasteiger partial charge in [-0.25, -0.2) is 14.4 Å². The molecule has 124 valence electrons. The fourth-order valence-electron chi connectivity index (χ4n) is 2.70. The first kappa shape index (κ1) is 15.6. The Morgan fingerprint density at radius 1 is 1.04 bits per heavy atom. The van der Waals surface area contributed by atoms with E-state index < -0.39 is 5.82 Å². The molecule has 0 atom stereocenters. The largest absolute Gasteiger partial charge is 0.338 e. The molecule has 25 heavy (non-hydrogen) atoms. The average Bonchev–Trinajstić information content (AvgIpc) is 3.03. The fourth-order valence-corrected chi connectivity index (χ4v) is 2.88. The summed E-state index contributed by atoms with van der Waals surface area (Å²) in [5, 5.41) is 3.22. The first-order chi connectivity index (χ1) is 12.2. The molecule has 1 N–H and O–H groups in total. The van der Waals surface area contributed by atoms with E-state index in [4.69, 9.17) is 11.6 Å². The van der Waals surface area contributed by atoms with Crippen molar-refractivity contribution < 1.29 is 4.39 Å². The van der Waals surface area contributed by atoms with E-state index in [0.29, 0.717) is 11.5 Å². The van der Waals surface area contributed by atoms with Crippen molar-refractivity contribution in [3.8, 4) is 0 Å². The molecule has 0 fully saturated rings. The van der Waals surface area contributed by atoms with Crippen molar-refractivity contribution >= 4 is 34.1 Å². The summed E-state index contributed by atoms with van der Waals surface area (Å²) in [5.74, 6) is 0.150. The number of anilines is 2. The van der Waals surface area contributed by atoms with E-state index in [1.807, 2.05) is 24.3 Å². The van der Waals surface area contributed by atoms with Crippen LogP contribution >= 0.6 is 11.6 Å². The van der Waals surface area contributed by atoms with Gasteiger partial charge in [0.05, 0.1) is 16.9 Å². The summed E-state index contributed by atoms with van der Waals surface area (Å²) in [6, 6.07) is 16.6. The first-order valence-corrected chi connectivity index (χ1v) is 8.14. The van der Waals surface area contributed by atoms with Gasteiger partial charge in [-0.3, -0.25) is 0 Å². The number of rotatable bonds is 4. The molecule has 4 rings (SSSR count). The Kier molecular flexibility index (Phi) is 4.07. The van der Waals surface area contributed by atoms with Gasteiger partial charge in [-0.15, -0.1) is 0 Å². The van der Waals surface area contributed by atoms with Crippen LogP contribution in [0.1, 0.15) is 5.56 Å². The number of fused-ring (bicyclic) bond motifs is 1. The number of hydrogen-bond donors (Lipinski definition) is 1. The molecule has 0 bridgehead atoms. The number of aromatic nitrogens is 3. The molecule has 0 spiro atoms. The molecule has 0 aliphatic rings. The molecular formula is C19H14ClFN4. The molecule has 0 unspecified atom stereocenters. The van der Waals surface area contributed by atoms with Gasteiger partial charge in [0.15, 0.2) is 5.82 Å². The monoisotopic (exact) mass is 352 g/mol. The summed E-state index contributed by atoms with van der Waals surface area (Å²) < 4.78 is 15.4. The molecule has 0 aliphatic carbocycles. The second-order valence-electron chi connectivity index (χ2n) is 5.64. The van der Waals surface area contributed by atoms with Crippen LogP contribution in [0.15, 0.2) is 67.1 Å². The summed E-state index contributed by atoms with van der Waals surface area (Å²) in [6.45, 7) is 0.725. The second kappa shape index (κ2) is 6.53. The minimum atomic E-state index is -0.453. The van der Waals surface area contributed by atoms with E-state index in [-0.39, 0.29) is 5.02 Å². The third kappa shape index (κ3) is 3.19. The minimum Gasteiger partial charge on any atom is -0.338 e. The molecule has 0 radical (unpaired) electrons. The summed E-state index contributed by atoms with van der Waals surface area (Å²) >= 11 is 5.84. The van der Waals surface area contributed by atoms with Crippen molar-refractivity contribution in [3.63, 3.8) is 0 Å². The molecule has 2 aromatic carbocycles. The van der Waals surface area contributed by atoms with Crippen LogP contribution in [0.2, 0.25) is 5.02 Å². The Morgan fingerprint density at radius 3 is 2.68 bits per heavy atom. The van der Waals surface area contributed by atoms with Crippen LogP contribution in [0.4, 0.5) is 15.9 Å². The van der Waals surface area contributed by atoms with Crippen LogP contribution in [0, 0.1) is 5.82 Å². The Bertz CT molecular complexity index is 1030. The lowest BCUT2D eigenvalue weighted by Gasteiger charge is -2.08. The minimum absolute atomic E-state index is 0.0618. The van der Waals surface area contributed by atoms with Crippen molar-refractivity contribution in [3.05, 3.63) is 83.5 Å². The van der Waals surface area contributed by atoms with E-state index in [1.54, 1.807) is 18.6 Å². The number of pyridine rings is 1. The van der Waals surface area contributed by atoms with Crippen LogP contribution in [0.3, 0.4) is 0 Å². The lowest BCUT2D eigenvalue weighted by Crippen LogP contribution is -1.99. The van der Waals surface area contributed by atoms with E-state index in [9.17, 15) is 4.39 Å². The third-order valence-corrected chi connectivity index (χ3v) is 4.21. The van der Waals surface area contributed by atoms with Gasteiger partial charge in [-0.2, -0.15) is 0 Å². The van der Waals surface area contributed by atoms with Crippen molar-refractivity contribution in [2.75, 3.05) is 5.32 Å². The maximum Gasteiger partial charge on any atom is 0.158 e. The Labute approximate surface area is 148 Å². The van der Waals surface area contributed by atoms with E-state index in [1.165, 1.54) is 17.7 Å². The van der Waals surface area contributed by atoms with E-state index in [2.05, 4.69) is 32.0 Å². The van der Waals surface area contributed by atoms with Gasteiger partial charge < -0.3 is 9.88 Å². The molecule has 4 nitrogen and oxygen atoms in total. The number of nitrogens with zero attached hydrogens (tertiary/aromatic N) is 3. The summed E-state index contributed by atoms with van der Waals surface area (Å²) in [7, 11) is 0. The molecule has 2 heterocycles. The zero-order valence-corrected chi connectivity index (χ0v) is 13.9. The molecular weight excluding hydrogens is 339 g/mol. The summed E-state index contributed by atoms with van der Waals surface area (Å²) in [4.78, 5) is 8.83. The predicted molar refractivity (Wildman–Crippen MR) is 97.8 cm³/mol.